The summed E-state index contributed by atoms with van der Waals surface area (Å²) < 4.78 is 27.5. The zero-order chi connectivity index (χ0) is 16.3. The molecule has 1 aromatic heterocycles. The van der Waals surface area contributed by atoms with Gasteiger partial charge in [0, 0.05) is 10.7 Å². The minimum Gasteiger partial charge on any atom is -0.368 e. The molecule has 1 atom stereocenters. The van der Waals surface area contributed by atoms with Crippen LogP contribution in [-0.2, 0) is 14.8 Å². The van der Waals surface area contributed by atoms with E-state index in [4.69, 9.17) is 17.3 Å². The number of sulfonamides is 1. The molecule has 2 aromatic rings. The molecule has 0 saturated heterocycles. The summed E-state index contributed by atoms with van der Waals surface area (Å²) >= 11 is 8.95. The molecule has 1 aromatic carbocycles. The number of primary amides is 1. The fourth-order valence-corrected chi connectivity index (χ4v) is 3.88. The van der Waals surface area contributed by atoms with E-state index in [1.165, 1.54) is 12.3 Å². The average molecular weight is 405 g/mol. The highest BCUT2D eigenvalue weighted by molar-refractivity contribution is 9.10. The lowest BCUT2D eigenvalue weighted by atomic mass is 10.1. The molecule has 2 rings (SSSR count). The first kappa shape index (κ1) is 16.9. The third-order valence-corrected chi connectivity index (χ3v) is 5.04. The summed E-state index contributed by atoms with van der Waals surface area (Å²) in [5.74, 6) is -0.825. The molecule has 0 saturated carbocycles. The second-order valence-corrected chi connectivity index (χ2v) is 7.27. The van der Waals surface area contributed by atoms with E-state index < -0.39 is 22.0 Å². The van der Waals surface area contributed by atoms with Gasteiger partial charge in [-0.1, -0.05) is 41.9 Å². The Morgan fingerprint density at radius 2 is 1.95 bits per heavy atom. The maximum absolute atomic E-state index is 12.4. The van der Waals surface area contributed by atoms with E-state index in [1.807, 2.05) is 0 Å². The number of aromatic nitrogens is 1. The van der Waals surface area contributed by atoms with Crippen LogP contribution in [0.25, 0.3) is 0 Å². The molecule has 0 fully saturated rings. The SMILES string of the molecule is NC(=O)C(NS(=O)(=O)c1cc(Br)cnc1Cl)c1ccccc1. The molecule has 0 radical (unpaired) electrons. The Balaban J connectivity index is 2.41. The number of nitrogens with one attached hydrogen (secondary N) is 1. The smallest absolute Gasteiger partial charge is 0.244 e. The zero-order valence-corrected chi connectivity index (χ0v) is 14.2. The van der Waals surface area contributed by atoms with Crippen LogP contribution >= 0.6 is 27.5 Å². The van der Waals surface area contributed by atoms with Gasteiger partial charge in [-0.15, -0.1) is 0 Å². The van der Waals surface area contributed by atoms with Gasteiger partial charge in [-0.25, -0.2) is 13.4 Å². The number of nitrogens with two attached hydrogens (primary N) is 1. The van der Waals surface area contributed by atoms with Crippen LogP contribution in [0.15, 0.2) is 52.0 Å². The molecule has 0 spiro atoms. The van der Waals surface area contributed by atoms with Gasteiger partial charge in [-0.2, -0.15) is 4.72 Å². The van der Waals surface area contributed by atoms with Crippen LogP contribution in [-0.4, -0.2) is 19.3 Å². The van der Waals surface area contributed by atoms with Crippen molar-refractivity contribution in [1.82, 2.24) is 9.71 Å². The number of benzene rings is 1. The molecule has 9 heteroatoms. The lowest BCUT2D eigenvalue weighted by Crippen LogP contribution is -2.37. The first-order valence-corrected chi connectivity index (χ1v) is 8.64. The van der Waals surface area contributed by atoms with Crippen molar-refractivity contribution in [2.75, 3.05) is 0 Å². The Kier molecular flexibility index (Phi) is 5.17. The highest BCUT2D eigenvalue weighted by Gasteiger charge is 2.27. The number of rotatable bonds is 5. The van der Waals surface area contributed by atoms with Gasteiger partial charge in [0.05, 0.1) is 0 Å². The van der Waals surface area contributed by atoms with E-state index in [9.17, 15) is 13.2 Å². The fourth-order valence-electron chi connectivity index (χ4n) is 1.75. The summed E-state index contributed by atoms with van der Waals surface area (Å²) in [5.41, 5.74) is 5.73. The second-order valence-electron chi connectivity index (χ2n) is 4.31. The molecule has 0 aliphatic heterocycles. The van der Waals surface area contributed by atoms with E-state index in [-0.39, 0.29) is 10.0 Å². The average Bonchev–Trinajstić information content (AvgIpc) is 2.48. The molecule has 22 heavy (non-hydrogen) atoms. The van der Waals surface area contributed by atoms with Crippen molar-refractivity contribution in [1.29, 1.82) is 0 Å². The van der Waals surface area contributed by atoms with Gasteiger partial charge in [-0.3, -0.25) is 4.79 Å². The second kappa shape index (κ2) is 6.74. The van der Waals surface area contributed by atoms with Gasteiger partial charge in [0.25, 0.3) is 0 Å². The van der Waals surface area contributed by atoms with Crippen molar-refractivity contribution in [3.63, 3.8) is 0 Å². The highest BCUT2D eigenvalue weighted by atomic mass is 79.9. The maximum Gasteiger partial charge on any atom is 0.244 e. The standard InChI is InChI=1S/C13H11BrClN3O3S/c14-9-6-10(12(15)17-7-9)22(20,21)18-11(13(16)19)8-4-2-1-3-5-8/h1-7,11,18H,(H2,16,19). The highest BCUT2D eigenvalue weighted by Crippen LogP contribution is 2.24. The Bertz CT molecular complexity index is 799. The van der Waals surface area contributed by atoms with Gasteiger partial charge in [0.2, 0.25) is 15.9 Å². The molecule has 3 N–H and O–H groups in total. The number of halogens is 2. The first-order valence-electron chi connectivity index (χ1n) is 5.99. The van der Waals surface area contributed by atoms with Gasteiger partial charge >= 0.3 is 0 Å². The normalized spacial score (nSPS) is 12.8. The third kappa shape index (κ3) is 3.83. The minimum atomic E-state index is -4.08. The predicted molar refractivity (Wildman–Crippen MR) is 85.6 cm³/mol. The maximum atomic E-state index is 12.4. The van der Waals surface area contributed by atoms with Gasteiger partial charge < -0.3 is 5.73 Å². The molecule has 0 aliphatic rings. The lowest BCUT2D eigenvalue weighted by molar-refractivity contribution is -0.119. The molecular weight excluding hydrogens is 394 g/mol. The lowest BCUT2D eigenvalue weighted by Gasteiger charge is -2.16. The molecule has 1 unspecified atom stereocenters. The summed E-state index contributed by atoms with van der Waals surface area (Å²) in [4.78, 5) is 15.1. The zero-order valence-electron chi connectivity index (χ0n) is 11.0. The van der Waals surface area contributed by atoms with E-state index in [0.29, 0.717) is 10.0 Å². The minimum absolute atomic E-state index is 0.202. The van der Waals surface area contributed by atoms with Crippen LogP contribution in [0.3, 0.4) is 0 Å². The van der Waals surface area contributed by atoms with Gasteiger partial charge in [-0.05, 0) is 27.6 Å². The van der Waals surface area contributed by atoms with Crippen molar-refractivity contribution >= 4 is 43.5 Å². The largest absolute Gasteiger partial charge is 0.368 e. The molecule has 1 amide bonds. The van der Waals surface area contributed by atoms with Crippen LogP contribution in [0.5, 0.6) is 0 Å². The van der Waals surface area contributed by atoms with E-state index in [0.717, 1.165) is 0 Å². The fraction of sp³-hybridized carbons (Fsp3) is 0.0769. The summed E-state index contributed by atoms with van der Waals surface area (Å²) in [5, 5.41) is -0.202. The molecule has 0 aliphatic carbocycles. The molecule has 1 heterocycles. The van der Waals surface area contributed by atoms with Gasteiger partial charge in [0.1, 0.15) is 16.1 Å². The molecular formula is C13H11BrClN3O3S. The van der Waals surface area contributed by atoms with Crippen LogP contribution in [0, 0.1) is 0 Å². The molecule has 116 valence electrons. The number of carbonyl (C=O) groups excluding carboxylic acids is 1. The Hall–Kier alpha value is -1.48. The van der Waals surface area contributed by atoms with Crippen molar-refractivity contribution in [2.24, 2.45) is 5.73 Å². The van der Waals surface area contributed by atoms with Crippen molar-refractivity contribution < 1.29 is 13.2 Å². The number of nitrogens with zero attached hydrogens (tertiary/aromatic N) is 1. The van der Waals surface area contributed by atoms with E-state index >= 15 is 0 Å². The Labute approximate surface area is 140 Å². The summed E-state index contributed by atoms with van der Waals surface area (Å²) in [7, 11) is -4.08. The number of hydrogen-bond donors (Lipinski definition) is 2. The summed E-state index contributed by atoms with van der Waals surface area (Å²) in [6.07, 6.45) is 1.37. The van der Waals surface area contributed by atoms with Crippen LogP contribution in [0.1, 0.15) is 11.6 Å². The Morgan fingerprint density at radius 3 is 2.55 bits per heavy atom. The van der Waals surface area contributed by atoms with Crippen LogP contribution in [0.4, 0.5) is 0 Å². The Morgan fingerprint density at radius 1 is 1.32 bits per heavy atom. The quantitative estimate of drug-likeness (QED) is 0.744. The van der Waals surface area contributed by atoms with E-state index in [2.05, 4.69) is 25.6 Å². The van der Waals surface area contributed by atoms with Crippen molar-refractivity contribution in [3.8, 4) is 0 Å². The number of hydrogen-bond acceptors (Lipinski definition) is 4. The topological polar surface area (TPSA) is 102 Å². The van der Waals surface area contributed by atoms with Crippen molar-refractivity contribution in [2.45, 2.75) is 10.9 Å². The van der Waals surface area contributed by atoms with Gasteiger partial charge in [0.15, 0.2) is 0 Å². The third-order valence-electron chi connectivity index (χ3n) is 2.75. The summed E-state index contributed by atoms with van der Waals surface area (Å²) in [6.45, 7) is 0. The number of carbonyl (C=O) groups is 1. The first-order chi connectivity index (χ1) is 10.3. The monoisotopic (exact) mass is 403 g/mol. The van der Waals surface area contributed by atoms with Crippen LogP contribution in [0.2, 0.25) is 5.15 Å². The van der Waals surface area contributed by atoms with Crippen LogP contribution < -0.4 is 10.5 Å². The number of amides is 1. The molecule has 0 bridgehead atoms. The molecule has 6 nitrogen and oxygen atoms in total. The van der Waals surface area contributed by atoms with Crippen molar-refractivity contribution in [3.05, 3.63) is 57.8 Å². The predicted octanol–water partition coefficient (Wildman–Crippen LogP) is 2.00. The summed E-state index contributed by atoms with van der Waals surface area (Å²) in [6, 6.07) is 8.37. The number of pyridine rings is 1. The van der Waals surface area contributed by atoms with E-state index in [1.54, 1.807) is 30.3 Å².